The summed E-state index contributed by atoms with van der Waals surface area (Å²) in [6, 6.07) is -0.849. The summed E-state index contributed by atoms with van der Waals surface area (Å²) >= 11 is 5.53. The maximum Gasteiger partial charge on any atom is 0.292 e. The van der Waals surface area contributed by atoms with Gasteiger partial charge in [-0.1, -0.05) is 13.0 Å². The minimum atomic E-state index is -0.849. The maximum atomic E-state index is 12.0. The molecule has 1 amide bonds. The van der Waals surface area contributed by atoms with Crippen LogP contribution in [0.25, 0.3) is 0 Å². The number of aromatic nitrogens is 2. The number of hydrogen-bond donors (Lipinski definition) is 2. The Kier molecular flexibility index (Phi) is 6.13. The summed E-state index contributed by atoms with van der Waals surface area (Å²) in [4.78, 5) is 20.0. The fourth-order valence-electron chi connectivity index (χ4n) is 2.09. The van der Waals surface area contributed by atoms with Crippen LogP contribution in [0.1, 0.15) is 41.1 Å². The van der Waals surface area contributed by atoms with E-state index in [2.05, 4.69) is 21.9 Å². The standard InChI is InChI=1S/C15H18ClN3O5/c1-4-8(2)12(22-3)10-6-23-14(18-10)9(5-20)17-13(21)11-7-24-15(16)19-11/h4,6-9,12,20H,1,5H2,2-3H3,(H,17,21)/t8-,9-,12-/m0/s1. The van der Waals surface area contributed by atoms with E-state index in [1.54, 1.807) is 13.2 Å². The van der Waals surface area contributed by atoms with Crippen LogP contribution in [-0.2, 0) is 4.74 Å². The smallest absolute Gasteiger partial charge is 0.292 e. The highest BCUT2D eigenvalue weighted by molar-refractivity contribution is 6.27. The minimum absolute atomic E-state index is 0.00684. The largest absolute Gasteiger partial charge is 0.446 e. The summed E-state index contributed by atoms with van der Waals surface area (Å²) in [5, 5.41) is 11.9. The quantitative estimate of drug-likeness (QED) is 0.699. The Labute approximate surface area is 143 Å². The minimum Gasteiger partial charge on any atom is -0.446 e. The van der Waals surface area contributed by atoms with E-state index < -0.39 is 18.6 Å². The Balaban J connectivity index is 2.13. The Morgan fingerprint density at radius 3 is 2.79 bits per heavy atom. The second kappa shape index (κ2) is 8.09. The number of methoxy groups -OCH3 is 1. The van der Waals surface area contributed by atoms with Gasteiger partial charge in [0, 0.05) is 13.0 Å². The van der Waals surface area contributed by atoms with Crippen molar-refractivity contribution in [3.05, 3.63) is 47.8 Å². The molecule has 0 spiro atoms. The molecule has 0 unspecified atom stereocenters. The normalized spacial score (nSPS) is 14.8. The summed E-state index contributed by atoms with van der Waals surface area (Å²) < 4.78 is 15.5. The van der Waals surface area contributed by atoms with Crippen molar-refractivity contribution in [2.45, 2.75) is 19.1 Å². The fourth-order valence-corrected chi connectivity index (χ4v) is 2.23. The van der Waals surface area contributed by atoms with Gasteiger partial charge in [-0.05, 0) is 11.6 Å². The molecule has 0 saturated heterocycles. The molecule has 0 fully saturated rings. The average Bonchev–Trinajstić information content (AvgIpc) is 3.22. The molecular weight excluding hydrogens is 338 g/mol. The summed E-state index contributed by atoms with van der Waals surface area (Å²) in [5.74, 6) is -0.423. The van der Waals surface area contributed by atoms with E-state index in [0.717, 1.165) is 6.26 Å². The predicted octanol–water partition coefficient (Wildman–Crippen LogP) is 2.29. The van der Waals surface area contributed by atoms with Gasteiger partial charge in [0.2, 0.25) is 5.89 Å². The first-order valence-corrected chi connectivity index (χ1v) is 7.51. The van der Waals surface area contributed by atoms with Gasteiger partial charge in [-0.3, -0.25) is 4.79 Å². The lowest BCUT2D eigenvalue weighted by atomic mass is 10.0. The van der Waals surface area contributed by atoms with Gasteiger partial charge in [0.1, 0.15) is 30.4 Å². The number of hydrogen-bond acceptors (Lipinski definition) is 7. The lowest BCUT2D eigenvalue weighted by molar-refractivity contribution is 0.0706. The van der Waals surface area contributed by atoms with Crippen molar-refractivity contribution in [3.63, 3.8) is 0 Å². The molecule has 24 heavy (non-hydrogen) atoms. The van der Waals surface area contributed by atoms with Gasteiger partial charge in [0.05, 0.1) is 6.61 Å². The molecule has 2 heterocycles. The molecule has 130 valence electrons. The molecule has 0 bridgehead atoms. The average molecular weight is 356 g/mol. The SMILES string of the molecule is C=C[C@H](C)[C@H](OC)c1coc([C@H](CO)NC(=O)c2coc(Cl)n2)n1. The van der Waals surface area contributed by atoms with E-state index in [-0.39, 0.29) is 29.0 Å². The summed E-state index contributed by atoms with van der Waals surface area (Å²) in [7, 11) is 1.55. The van der Waals surface area contributed by atoms with Crippen molar-refractivity contribution in [1.29, 1.82) is 0 Å². The van der Waals surface area contributed by atoms with E-state index >= 15 is 0 Å². The van der Waals surface area contributed by atoms with Crippen molar-refractivity contribution in [1.82, 2.24) is 15.3 Å². The van der Waals surface area contributed by atoms with Gasteiger partial charge in [-0.2, -0.15) is 4.98 Å². The van der Waals surface area contributed by atoms with Gasteiger partial charge < -0.3 is 24.0 Å². The van der Waals surface area contributed by atoms with Gasteiger partial charge in [0.15, 0.2) is 5.69 Å². The zero-order chi connectivity index (χ0) is 17.7. The second-order valence-corrected chi connectivity index (χ2v) is 5.38. The molecule has 0 aliphatic rings. The Morgan fingerprint density at radius 2 is 2.25 bits per heavy atom. The maximum absolute atomic E-state index is 12.0. The second-order valence-electron chi connectivity index (χ2n) is 5.06. The lowest BCUT2D eigenvalue weighted by Gasteiger charge is -2.17. The van der Waals surface area contributed by atoms with Crippen LogP contribution in [0.15, 0.2) is 34.0 Å². The molecule has 2 N–H and O–H groups in total. The van der Waals surface area contributed by atoms with E-state index in [1.165, 1.54) is 6.26 Å². The topological polar surface area (TPSA) is 111 Å². The molecule has 0 aromatic carbocycles. The molecule has 3 atom stereocenters. The highest BCUT2D eigenvalue weighted by Crippen LogP contribution is 2.26. The number of aliphatic hydroxyl groups excluding tert-OH is 1. The number of halogens is 1. The van der Waals surface area contributed by atoms with Gasteiger partial charge >= 0.3 is 0 Å². The van der Waals surface area contributed by atoms with Crippen LogP contribution in [-0.4, -0.2) is 34.7 Å². The zero-order valence-corrected chi connectivity index (χ0v) is 14.0. The van der Waals surface area contributed by atoms with Crippen LogP contribution in [0.5, 0.6) is 0 Å². The van der Waals surface area contributed by atoms with Gasteiger partial charge in [-0.15, -0.1) is 6.58 Å². The van der Waals surface area contributed by atoms with E-state index in [1.807, 2.05) is 6.92 Å². The number of carbonyl (C=O) groups excluding carboxylic acids is 1. The Morgan fingerprint density at radius 1 is 1.50 bits per heavy atom. The highest BCUT2D eigenvalue weighted by atomic mass is 35.5. The van der Waals surface area contributed by atoms with Crippen LogP contribution >= 0.6 is 11.6 Å². The van der Waals surface area contributed by atoms with Crippen LogP contribution < -0.4 is 5.32 Å². The van der Waals surface area contributed by atoms with Gasteiger partial charge in [-0.25, -0.2) is 4.98 Å². The third-order valence-corrected chi connectivity index (χ3v) is 3.60. The lowest BCUT2D eigenvalue weighted by Crippen LogP contribution is -2.31. The number of carbonyl (C=O) groups is 1. The number of aliphatic hydroxyl groups is 1. The summed E-state index contributed by atoms with van der Waals surface area (Å²) in [6.07, 6.45) is 3.93. The molecule has 0 aliphatic heterocycles. The Hall–Kier alpha value is -2.16. The number of ether oxygens (including phenoxy) is 1. The number of nitrogens with one attached hydrogen (secondary N) is 1. The third-order valence-electron chi connectivity index (χ3n) is 3.43. The van der Waals surface area contributed by atoms with E-state index in [0.29, 0.717) is 5.69 Å². The first-order chi connectivity index (χ1) is 11.5. The molecular formula is C15H18ClN3O5. The van der Waals surface area contributed by atoms with Crippen LogP contribution in [0.4, 0.5) is 0 Å². The highest BCUT2D eigenvalue weighted by Gasteiger charge is 2.25. The summed E-state index contributed by atoms with van der Waals surface area (Å²) in [5.41, 5.74) is 0.525. The summed E-state index contributed by atoms with van der Waals surface area (Å²) in [6.45, 7) is 5.24. The van der Waals surface area contributed by atoms with Crippen molar-refractivity contribution in [2.75, 3.05) is 13.7 Å². The van der Waals surface area contributed by atoms with E-state index in [4.69, 9.17) is 25.2 Å². The van der Waals surface area contributed by atoms with Crippen LogP contribution in [0.2, 0.25) is 5.35 Å². The number of amides is 1. The first-order valence-electron chi connectivity index (χ1n) is 7.13. The fraction of sp³-hybridized carbons (Fsp3) is 0.400. The molecule has 0 saturated carbocycles. The number of nitrogens with zero attached hydrogens (tertiary/aromatic N) is 2. The molecule has 8 nitrogen and oxygen atoms in total. The monoisotopic (exact) mass is 355 g/mol. The van der Waals surface area contributed by atoms with Crippen molar-refractivity contribution in [3.8, 4) is 0 Å². The molecule has 0 aliphatic carbocycles. The number of rotatable bonds is 8. The number of oxazole rings is 2. The molecule has 2 rings (SSSR count). The molecule has 2 aromatic rings. The van der Waals surface area contributed by atoms with Crippen LogP contribution in [0.3, 0.4) is 0 Å². The van der Waals surface area contributed by atoms with Crippen molar-refractivity contribution < 1.29 is 23.5 Å². The van der Waals surface area contributed by atoms with Gasteiger partial charge in [0.25, 0.3) is 11.3 Å². The van der Waals surface area contributed by atoms with Crippen LogP contribution in [0, 0.1) is 5.92 Å². The Bertz CT molecular complexity index is 699. The molecule has 0 radical (unpaired) electrons. The van der Waals surface area contributed by atoms with E-state index in [9.17, 15) is 9.90 Å². The van der Waals surface area contributed by atoms with Crippen molar-refractivity contribution in [2.24, 2.45) is 5.92 Å². The molecule has 9 heteroatoms. The zero-order valence-electron chi connectivity index (χ0n) is 13.2. The molecule has 2 aromatic heterocycles. The predicted molar refractivity (Wildman–Crippen MR) is 84.4 cm³/mol. The first kappa shape index (κ1) is 18.2. The third kappa shape index (κ3) is 4.02. The van der Waals surface area contributed by atoms with Crippen molar-refractivity contribution >= 4 is 17.5 Å².